The van der Waals surface area contributed by atoms with Gasteiger partial charge in [0.15, 0.2) is 0 Å². The van der Waals surface area contributed by atoms with Gasteiger partial charge in [0.1, 0.15) is 11.9 Å². The third-order valence-corrected chi connectivity index (χ3v) is 8.80. The molecule has 2 saturated carbocycles. The van der Waals surface area contributed by atoms with E-state index in [1.54, 1.807) is 13.3 Å². The third kappa shape index (κ3) is 2.80. The molecule has 5 nitrogen and oxygen atoms in total. The zero-order valence-corrected chi connectivity index (χ0v) is 17.7. The summed E-state index contributed by atoms with van der Waals surface area (Å²) in [5.41, 5.74) is 2.94. The van der Waals surface area contributed by atoms with Crippen molar-refractivity contribution in [1.82, 2.24) is 10.3 Å². The average Bonchev–Trinajstić information content (AvgIpc) is 2.99. The molecule has 1 aromatic rings. The number of nitrogens with one attached hydrogen (secondary N) is 1. The molecule has 4 aliphatic rings. The van der Waals surface area contributed by atoms with Crippen LogP contribution in [0.2, 0.25) is 0 Å². The number of allylic oxidation sites excluding steroid dienone is 2. The van der Waals surface area contributed by atoms with Gasteiger partial charge in [0.2, 0.25) is 0 Å². The smallest absolute Gasteiger partial charge is 0.407 e. The highest BCUT2D eigenvalue weighted by atomic mass is 16.6. The quantitative estimate of drug-likeness (QED) is 0.778. The Balaban J connectivity index is 1.44. The van der Waals surface area contributed by atoms with Crippen LogP contribution in [0.5, 0.6) is 5.75 Å². The summed E-state index contributed by atoms with van der Waals surface area (Å²) in [6.45, 7) is 5.58. The second-order valence-electron chi connectivity index (χ2n) is 9.95. The standard InChI is InChI=1S/C24H32N2O3/c1-23-9-8-20-17(4-7-21-24(20,2)10-11-26-22(27)29-21)19(23)6-5-18(23)15-12-16(28-3)14-25-13-15/h5,12-14,17,19-21H,4,6-11H2,1-3H3,(H,26,27)/t17?,19-,20-,21?,23+,24+/m0/s1. The molecule has 0 radical (unpaired) electrons. The lowest BCUT2D eigenvalue weighted by atomic mass is 9.48. The number of methoxy groups -OCH3 is 1. The average molecular weight is 397 g/mol. The molecule has 2 unspecified atom stereocenters. The maximum Gasteiger partial charge on any atom is 0.407 e. The number of amides is 1. The Labute approximate surface area is 173 Å². The van der Waals surface area contributed by atoms with Gasteiger partial charge in [-0.05, 0) is 78.9 Å². The molecule has 6 atom stereocenters. The summed E-state index contributed by atoms with van der Waals surface area (Å²) in [6, 6.07) is 2.13. The van der Waals surface area contributed by atoms with Crippen LogP contribution in [0.15, 0.2) is 24.5 Å². The Morgan fingerprint density at radius 3 is 2.86 bits per heavy atom. The molecule has 156 valence electrons. The Morgan fingerprint density at radius 1 is 1.17 bits per heavy atom. The van der Waals surface area contributed by atoms with Crippen molar-refractivity contribution in [3.8, 4) is 5.75 Å². The van der Waals surface area contributed by atoms with Crippen molar-refractivity contribution in [2.24, 2.45) is 28.6 Å². The number of hydrogen-bond donors (Lipinski definition) is 1. The van der Waals surface area contributed by atoms with Gasteiger partial charge < -0.3 is 14.8 Å². The van der Waals surface area contributed by atoms with Crippen LogP contribution in [0.1, 0.15) is 57.9 Å². The molecule has 1 aromatic heterocycles. The van der Waals surface area contributed by atoms with Gasteiger partial charge in [-0.1, -0.05) is 19.9 Å². The first-order valence-electron chi connectivity index (χ1n) is 11.1. The van der Waals surface area contributed by atoms with Gasteiger partial charge in [0.25, 0.3) is 0 Å². The number of ether oxygens (including phenoxy) is 2. The van der Waals surface area contributed by atoms with Crippen LogP contribution in [-0.2, 0) is 4.74 Å². The molecule has 3 fully saturated rings. The van der Waals surface area contributed by atoms with Gasteiger partial charge in [-0.3, -0.25) is 4.98 Å². The monoisotopic (exact) mass is 396 g/mol. The molecule has 0 bridgehead atoms. The highest BCUT2D eigenvalue weighted by Crippen LogP contribution is 2.65. The number of hydrogen-bond acceptors (Lipinski definition) is 4. The Morgan fingerprint density at radius 2 is 2.03 bits per heavy atom. The first-order chi connectivity index (χ1) is 14.0. The summed E-state index contributed by atoms with van der Waals surface area (Å²) >= 11 is 0. The molecule has 0 aromatic carbocycles. The fourth-order valence-electron chi connectivity index (χ4n) is 7.26. The molecule has 1 saturated heterocycles. The van der Waals surface area contributed by atoms with E-state index in [9.17, 15) is 4.79 Å². The minimum Gasteiger partial charge on any atom is -0.495 e. The van der Waals surface area contributed by atoms with Crippen molar-refractivity contribution in [1.29, 1.82) is 0 Å². The molecule has 3 aliphatic carbocycles. The Kier molecular flexibility index (Phi) is 4.41. The van der Waals surface area contributed by atoms with Crippen LogP contribution >= 0.6 is 0 Å². The van der Waals surface area contributed by atoms with E-state index in [4.69, 9.17) is 9.47 Å². The highest BCUT2D eigenvalue weighted by Gasteiger charge is 2.59. The van der Waals surface area contributed by atoms with Crippen LogP contribution < -0.4 is 10.1 Å². The molecular weight excluding hydrogens is 364 g/mol. The maximum absolute atomic E-state index is 12.0. The number of carbonyl (C=O) groups excluding carboxylic acids is 1. The lowest BCUT2D eigenvalue weighted by Gasteiger charge is -2.57. The van der Waals surface area contributed by atoms with E-state index < -0.39 is 0 Å². The van der Waals surface area contributed by atoms with Gasteiger partial charge in [0.05, 0.1) is 13.3 Å². The lowest BCUT2D eigenvalue weighted by molar-refractivity contribution is -0.113. The Hall–Kier alpha value is -2.04. The molecule has 29 heavy (non-hydrogen) atoms. The molecule has 1 aliphatic heterocycles. The van der Waals surface area contributed by atoms with Crippen molar-refractivity contribution in [3.63, 3.8) is 0 Å². The summed E-state index contributed by atoms with van der Waals surface area (Å²) in [5, 5.41) is 2.92. The predicted octanol–water partition coefficient (Wildman–Crippen LogP) is 4.82. The van der Waals surface area contributed by atoms with Crippen LogP contribution in [0.25, 0.3) is 5.57 Å². The maximum atomic E-state index is 12.0. The number of pyridine rings is 1. The van der Waals surface area contributed by atoms with Crippen LogP contribution in [0.3, 0.4) is 0 Å². The predicted molar refractivity (Wildman–Crippen MR) is 111 cm³/mol. The molecule has 5 heteroatoms. The molecule has 5 rings (SSSR count). The minimum absolute atomic E-state index is 0.0621. The number of aromatic nitrogens is 1. The van der Waals surface area contributed by atoms with Gasteiger partial charge >= 0.3 is 6.09 Å². The van der Waals surface area contributed by atoms with E-state index in [1.807, 2.05) is 6.20 Å². The second-order valence-corrected chi connectivity index (χ2v) is 9.95. The molecule has 0 spiro atoms. The molecule has 1 amide bonds. The second kappa shape index (κ2) is 6.75. The van der Waals surface area contributed by atoms with Crippen LogP contribution in [0.4, 0.5) is 4.79 Å². The van der Waals surface area contributed by atoms with E-state index in [0.29, 0.717) is 17.8 Å². The molecule has 1 N–H and O–H groups in total. The molecule has 2 heterocycles. The summed E-state index contributed by atoms with van der Waals surface area (Å²) in [7, 11) is 1.70. The normalized spacial score (nSPS) is 41.1. The largest absolute Gasteiger partial charge is 0.495 e. The SMILES string of the molecule is COc1cncc(C2=CC[C@H]3C4CCC5OC(=O)NCC[C@]5(C)[C@H]4CC[C@]23C)c1. The van der Waals surface area contributed by atoms with Gasteiger partial charge in [-0.2, -0.15) is 0 Å². The zero-order chi connectivity index (χ0) is 20.2. The summed E-state index contributed by atoms with van der Waals surface area (Å²) < 4.78 is 11.3. The van der Waals surface area contributed by atoms with E-state index in [0.717, 1.165) is 38.0 Å². The van der Waals surface area contributed by atoms with Crippen LogP contribution in [0, 0.1) is 28.6 Å². The van der Waals surface area contributed by atoms with Crippen molar-refractivity contribution < 1.29 is 14.3 Å². The van der Waals surface area contributed by atoms with Gasteiger partial charge in [-0.15, -0.1) is 0 Å². The van der Waals surface area contributed by atoms with Crippen molar-refractivity contribution in [2.75, 3.05) is 13.7 Å². The fourth-order valence-corrected chi connectivity index (χ4v) is 7.26. The fraction of sp³-hybridized carbons (Fsp3) is 0.667. The van der Waals surface area contributed by atoms with Crippen molar-refractivity contribution in [2.45, 2.75) is 58.5 Å². The number of rotatable bonds is 2. The molecular formula is C24H32N2O3. The van der Waals surface area contributed by atoms with E-state index in [-0.39, 0.29) is 23.0 Å². The van der Waals surface area contributed by atoms with Gasteiger partial charge in [0, 0.05) is 18.2 Å². The Bertz CT molecular complexity index is 852. The summed E-state index contributed by atoms with van der Waals surface area (Å²) in [5.74, 6) is 2.80. The summed E-state index contributed by atoms with van der Waals surface area (Å²) in [4.78, 5) is 16.4. The lowest BCUT2D eigenvalue weighted by Crippen LogP contribution is -2.53. The van der Waals surface area contributed by atoms with Crippen molar-refractivity contribution >= 4 is 11.7 Å². The minimum atomic E-state index is -0.229. The number of nitrogens with zero attached hydrogens (tertiary/aromatic N) is 1. The van der Waals surface area contributed by atoms with Crippen molar-refractivity contribution in [3.05, 3.63) is 30.1 Å². The van der Waals surface area contributed by atoms with E-state index in [1.165, 1.54) is 24.0 Å². The summed E-state index contributed by atoms with van der Waals surface area (Å²) in [6.07, 6.45) is 12.8. The zero-order valence-electron chi connectivity index (χ0n) is 17.7. The first kappa shape index (κ1) is 19.0. The van der Waals surface area contributed by atoms with E-state index in [2.05, 4.69) is 36.3 Å². The first-order valence-corrected chi connectivity index (χ1v) is 11.1. The van der Waals surface area contributed by atoms with Gasteiger partial charge in [-0.25, -0.2) is 4.79 Å². The number of fused-ring (bicyclic) bond motifs is 5. The number of carbonyl (C=O) groups is 1. The van der Waals surface area contributed by atoms with E-state index >= 15 is 0 Å². The highest BCUT2D eigenvalue weighted by molar-refractivity contribution is 5.73. The topological polar surface area (TPSA) is 60.5 Å². The van der Waals surface area contributed by atoms with Crippen LogP contribution in [-0.4, -0.2) is 30.8 Å². The number of alkyl carbamates (subject to hydrolysis) is 1. The third-order valence-electron chi connectivity index (χ3n) is 8.80.